The van der Waals surface area contributed by atoms with Gasteiger partial charge in [-0.1, -0.05) is 5.16 Å². The maximum atomic E-state index is 12.4. The summed E-state index contributed by atoms with van der Waals surface area (Å²) in [5.74, 6) is 1.46. The minimum atomic E-state index is 0.0304. The van der Waals surface area contributed by atoms with E-state index in [1.54, 1.807) is 17.3 Å². The number of aromatic nitrogens is 3. The lowest BCUT2D eigenvalue weighted by Crippen LogP contribution is -2.44. The summed E-state index contributed by atoms with van der Waals surface area (Å²) in [4.78, 5) is 36.1. The van der Waals surface area contributed by atoms with Crippen molar-refractivity contribution in [2.75, 3.05) is 26.2 Å². The lowest BCUT2D eigenvalue weighted by Gasteiger charge is -2.31. The first-order valence-corrected chi connectivity index (χ1v) is 9.00. The van der Waals surface area contributed by atoms with Crippen LogP contribution in [0.5, 0.6) is 0 Å². The molecule has 0 radical (unpaired) electrons. The summed E-state index contributed by atoms with van der Waals surface area (Å²) in [7, 11) is 0. The van der Waals surface area contributed by atoms with Crippen molar-refractivity contribution in [3.8, 4) is 11.5 Å². The van der Waals surface area contributed by atoms with Crippen molar-refractivity contribution in [1.29, 1.82) is 0 Å². The summed E-state index contributed by atoms with van der Waals surface area (Å²) in [6, 6.07) is 3.71. The predicted octanol–water partition coefficient (Wildman–Crippen LogP) is 1.46. The number of nitrogens with zero attached hydrogens (tertiary/aromatic N) is 5. The molecule has 0 spiro atoms. The zero-order valence-corrected chi connectivity index (χ0v) is 14.5. The molecule has 0 atom stereocenters. The Hall–Kier alpha value is -2.77. The molecule has 26 heavy (non-hydrogen) atoms. The zero-order valence-electron chi connectivity index (χ0n) is 14.5. The SMILES string of the molecule is O=C(CN1CCCC1=O)N1CCC(c2noc(-c3cccnc3)n2)CC1. The van der Waals surface area contributed by atoms with Gasteiger partial charge in [0.05, 0.1) is 12.1 Å². The second-order valence-corrected chi connectivity index (χ2v) is 6.77. The first kappa shape index (κ1) is 16.7. The van der Waals surface area contributed by atoms with Crippen molar-refractivity contribution in [2.45, 2.75) is 31.6 Å². The van der Waals surface area contributed by atoms with Gasteiger partial charge in [0.1, 0.15) is 0 Å². The molecule has 8 heteroatoms. The molecule has 4 heterocycles. The van der Waals surface area contributed by atoms with Crippen LogP contribution in [0.3, 0.4) is 0 Å². The van der Waals surface area contributed by atoms with E-state index in [-0.39, 0.29) is 24.3 Å². The van der Waals surface area contributed by atoms with Crippen molar-refractivity contribution in [1.82, 2.24) is 24.9 Å². The molecule has 4 rings (SSSR count). The molecule has 2 aromatic rings. The van der Waals surface area contributed by atoms with E-state index < -0.39 is 0 Å². The smallest absolute Gasteiger partial charge is 0.259 e. The molecule has 0 aromatic carbocycles. The van der Waals surface area contributed by atoms with Crippen LogP contribution in [0.2, 0.25) is 0 Å². The van der Waals surface area contributed by atoms with Crippen LogP contribution in [0, 0.1) is 0 Å². The van der Waals surface area contributed by atoms with Crippen molar-refractivity contribution in [3.63, 3.8) is 0 Å². The van der Waals surface area contributed by atoms with E-state index in [1.165, 1.54) is 0 Å². The fourth-order valence-electron chi connectivity index (χ4n) is 3.53. The molecule has 0 N–H and O–H groups in total. The van der Waals surface area contributed by atoms with Gasteiger partial charge in [-0.3, -0.25) is 14.6 Å². The molecule has 2 saturated heterocycles. The van der Waals surface area contributed by atoms with E-state index in [9.17, 15) is 9.59 Å². The van der Waals surface area contributed by atoms with Crippen LogP contribution < -0.4 is 0 Å². The van der Waals surface area contributed by atoms with E-state index >= 15 is 0 Å². The Morgan fingerprint density at radius 1 is 1.27 bits per heavy atom. The Kier molecular flexibility index (Phi) is 4.64. The minimum absolute atomic E-state index is 0.0304. The summed E-state index contributed by atoms with van der Waals surface area (Å²) in [6.07, 6.45) is 6.40. The summed E-state index contributed by atoms with van der Waals surface area (Å²) < 4.78 is 5.35. The van der Waals surface area contributed by atoms with Gasteiger partial charge in [-0.25, -0.2) is 0 Å². The van der Waals surface area contributed by atoms with E-state index in [2.05, 4.69) is 15.1 Å². The van der Waals surface area contributed by atoms with Gasteiger partial charge in [0, 0.05) is 44.4 Å². The summed E-state index contributed by atoms with van der Waals surface area (Å²) >= 11 is 0. The Morgan fingerprint density at radius 3 is 2.81 bits per heavy atom. The molecule has 0 aliphatic carbocycles. The van der Waals surface area contributed by atoms with E-state index in [1.807, 2.05) is 17.0 Å². The maximum Gasteiger partial charge on any atom is 0.259 e. The van der Waals surface area contributed by atoms with Gasteiger partial charge in [-0.05, 0) is 31.4 Å². The van der Waals surface area contributed by atoms with Gasteiger partial charge in [0.25, 0.3) is 5.89 Å². The van der Waals surface area contributed by atoms with Crippen LogP contribution >= 0.6 is 0 Å². The first-order valence-electron chi connectivity index (χ1n) is 9.00. The highest BCUT2D eigenvalue weighted by molar-refractivity contribution is 5.85. The van der Waals surface area contributed by atoms with Gasteiger partial charge in [-0.2, -0.15) is 4.98 Å². The summed E-state index contributed by atoms with van der Waals surface area (Å²) in [5, 5.41) is 4.11. The number of rotatable bonds is 4. The van der Waals surface area contributed by atoms with Crippen molar-refractivity contribution < 1.29 is 14.1 Å². The van der Waals surface area contributed by atoms with Crippen LogP contribution in [-0.2, 0) is 9.59 Å². The number of amides is 2. The third kappa shape index (κ3) is 3.44. The third-order valence-corrected chi connectivity index (χ3v) is 5.06. The van der Waals surface area contributed by atoms with Crippen LogP contribution in [0.4, 0.5) is 0 Å². The zero-order chi connectivity index (χ0) is 17.9. The number of hydrogen-bond acceptors (Lipinski definition) is 6. The molecule has 0 unspecified atom stereocenters. The fraction of sp³-hybridized carbons (Fsp3) is 0.500. The molecule has 2 aliphatic heterocycles. The number of hydrogen-bond donors (Lipinski definition) is 0. The molecular weight excluding hydrogens is 334 g/mol. The number of pyridine rings is 1. The normalized spacial score (nSPS) is 18.5. The maximum absolute atomic E-state index is 12.4. The quantitative estimate of drug-likeness (QED) is 0.824. The average Bonchev–Trinajstić information content (AvgIpc) is 3.32. The van der Waals surface area contributed by atoms with Crippen LogP contribution in [0.25, 0.3) is 11.5 Å². The Balaban J connectivity index is 1.33. The Bertz CT molecular complexity index is 783. The standard InChI is InChI=1S/C18H21N5O3/c24-15-4-2-8-23(15)12-16(25)22-9-5-13(6-10-22)17-20-18(26-21-17)14-3-1-7-19-11-14/h1,3,7,11,13H,2,4-6,8-10,12H2. The van der Waals surface area contributed by atoms with Crippen LogP contribution in [-0.4, -0.2) is 62.9 Å². The summed E-state index contributed by atoms with van der Waals surface area (Å²) in [5.41, 5.74) is 0.800. The molecule has 2 aromatic heterocycles. The van der Waals surface area contributed by atoms with Gasteiger partial charge >= 0.3 is 0 Å². The molecule has 2 fully saturated rings. The number of likely N-dealkylation sites (tertiary alicyclic amines) is 2. The molecule has 136 valence electrons. The fourth-order valence-corrected chi connectivity index (χ4v) is 3.53. The number of piperidine rings is 1. The second kappa shape index (κ2) is 7.23. The molecular formula is C18H21N5O3. The largest absolute Gasteiger partial charge is 0.341 e. The Morgan fingerprint density at radius 2 is 2.12 bits per heavy atom. The van der Waals surface area contributed by atoms with Crippen molar-refractivity contribution in [2.24, 2.45) is 0 Å². The number of carbonyl (C=O) groups is 2. The lowest BCUT2D eigenvalue weighted by atomic mass is 9.96. The number of carbonyl (C=O) groups excluding carboxylic acids is 2. The van der Waals surface area contributed by atoms with Crippen molar-refractivity contribution in [3.05, 3.63) is 30.4 Å². The monoisotopic (exact) mass is 355 g/mol. The third-order valence-electron chi connectivity index (χ3n) is 5.06. The van der Waals surface area contributed by atoms with E-state index in [0.29, 0.717) is 37.8 Å². The predicted molar refractivity (Wildman–Crippen MR) is 91.9 cm³/mol. The van der Waals surface area contributed by atoms with Gasteiger partial charge in [-0.15, -0.1) is 0 Å². The molecule has 2 amide bonds. The molecule has 2 aliphatic rings. The highest BCUT2D eigenvalue weighted by Gasteiger charge is 2.29. The van der Waals surface area contributed by atoms with Gasteiger partial charge in [0.15, 0.2) is 5.82 Å². The molecule has 0 saturated carbocycles. The van der Waals surface area contributed by atoms with Gasteiger partial charge in [0.2, 0.25) is 11.8 Å². The van der Waals surface area contributed by atoms with Crippen molar-refractivity contribution >= 4 is 11.8 Å². The van der Waals surface area contributed by atoms with E-state index in [4.69, 9.17) is 4.52 Å². The first-order chi connectivity index (χ1) is 12.7. The average molecular weight is 355 g/mol. The van der Waals surface area contributed by atoms with Gasteiger partial charge < -0.3 is 14.3 Å². The second-order valence-electron chi connectivity index (χ2n) is 6.77. The minimum Gasteiger partial charge on any atom is -0.341 e. The topological polar surface area (TPSA) is 92.4 Å². The highest BCUT2D eigenvalue weighted by Crippen LogP contribution is 2.28. The molecule has 0 bridgehead atoms. The molecule has 8 nitrogen and oxygen atoms in total. The van der Waals surface area contributed by atoms with E-state index in [0.717, 1.165) is 24.8 Å². The highest BCUT2D eigenvalue weighted by atomic mass is 16.5. The van der Waals surface area contributed by atoms with Crippen LogP contribution in [0.1, 0.15) is 37.4 Å². The summed E-state index contributed by atoms with van der Waals surface area (Å²) in [6.45, 7) is 2.21. The lowest BCUT2D eigenvalue weighted by molar-refractivity contribution is -0.139. The van der Waals surface area contributed by atoms with Crippen LogP contribution in [0.15, 0.2) is 29.0 Å². The Labute approximate surface area is 151 Å².